The van der Waals surface area contributed by atoms with Gasteiger partial charge in [0.15, 0.2) is 0 Å². The molecule has 0 aromatic heterocycles. The molecule has 114 valence electrons. The van der Waals surface area contributed by atoms with Crippen LogP contribution in [0.4, 0.5) is 5.69 Å². The second-order valence-corrected chi connectivity index (χ2v) is 6.11. The smallest absolute Gasteiger partial charge is 0.101 e. The molecular weight excluding hydrogens is 262 g/mol. The Kier molecular flexibility index (Phi) is 5.60. The first kappa shape index (κ1) is 15.8. The zero-order valence-electron chi connectivity index (χ0n) is 13.0. The zero-order chi connectivity index (χ0) is 15.2. The molecule has 1 saturated heterocycles. The summed E-state index contributed by atoms with van der Waals surface area (Å²) >= 11 is 0. The van der Waals surface area contributed by atoms with E-state index < -0.39 is 0 Å². The Morgan fingerprint density at radius 3 is 2.67 bits per heavy atom. The predicted molar refractivity (Wildman–Crippen MR) is 85.2 cm³/mol. The number of hydrogen-bond acceptors (Lipinski definition) is 4. The van der Waals surface area contributed by atoms with Gasteiger partial charge in [0.1, 0.15) is 6.07 Å². The van der Waals surface area contributed by atoms with Crippen LogP contribution >= 0.6 is 0 Å². The molecule has 21 heavy (non-hydrogen) atoms. The standard InChI is InChI=1S/C17H25N3O/c1-13(2)19-11-15-3-4-17(16(9-15)10-18)20-7-5-14(12-21)6-8-20/h3-4,9,13-14,19,21H,5-8,11-12H2,1-2H3. The molecule has 1 aliphatic rings. The molecule has 1 aromatic rings. The number of benzene rings is 1. The van der Waals surface area contributed by atoms with Crippen molar-refractivity contribution in [1.29, 1.82) is 5.26 Å². The Hall–Kier alpha value is -1.57. The van der Waals surface area contributed by atoms with E-state index >= 15 is 0 Å². The fraction of sp³-hybridized carbons (Fsp3) is 0.588. The summed E-state index contributed by atoms with van der Waals surface area (Å²) in [5.74, 6) is 0.418. The number of piperidine rings is 1. The van der Waals surface area contributed by atoms with Gasteiger partial charge in [-0.3, -0.25) is 0 Å². The first-order chi connectivity index (χ1) is 10.1. The van der Waals surface area contributed by atoms with E-state index in [9.17, 15) is 10.4 Å². The summed E-state index contributed by atoms with van der Waals surface area (Å²) in [7, 11) is 0. The average molecular weight is 287 g/mol. The number of nitriles is 1. The lowest BCUT2D eigenvalue weighted by molar-refractivity contribution is 0.203. The number of nitrogens with one attached hydrogen (secondary N) is 1. The van der Waals surface area contributed by atoms with Gasteiger partial charge in [0.25, 0.3) is 0 Å². The van der Waals surface area contributed by atoms with Crippen molar-refractivity contribution >= 4 is 5.69 Å². The zero-order valence-corrected chi connectivity index (χ0v) is 13.0. The van der Waals surface area contributed by atoms with E-state index in [4.69, 9.17) is 0 Å². The molecule has 0 amide bonds. The highest BCUT2D eigenvalue weighted by molar-refractivity contribution is 5.60. The van der Waals surface area contributed by atoms with Crippen LogP contribution in [0.3, 0.4) is 0 Å². The van der Waals surface area contributed by atoms with Crippen molar-refractivity contribution in [3.8, 4) is 6.07 Å². The maximum Gasteiger partial charge on any atom is 0.101 e. The topological polar surface area (TPSA) is 59.3 Å². The molecule has 0 aliphatic carbocycles. The Bertz CT molecular complexity index is 499. The van der Waals surface area contributed by atoms with Gasteiger partial charge in [0.05, 0.1) is 11.3 Å². The van der Waals surface area contributed by atoms with E-state index in [0.29, 0.717) is 12.0 Å². The van der Waals surface area contributed by atoms with Gasteiger partial charge < -0.3 is 15.3 Å². The quantitative estimate of drug-likeness (QED) is 0.872. The van der Waals surface area contributed by atoms with Crippen LogP contribution in [-0.4, -0.2) is 30.8 Å². The van der Waals surface area contributed by atoms with E-state index in [2.05, 4.69) is 42.3 Å². The van der Waals surface area contributed by atoms with E-state index in [0.717, 1.165) is 49.3 Å². The minimum atomic E-state index is 0.277. The molecule has 1 aromatic carbocycles. The van der Waals surface area contributed by atoms with Gasteiger partial charge in [-0.15, -0.1) is 0 Å². The predicted octanol–water partition coefficient (Wildman–Crippen LogP) is 2.26. The maximum absolute atomic E-state index is 9.41. The minimum Gasteiger partial charge on any atom is -0.396 e. The van der Waals surface area contributed by atoms with Crippen LogP contribution in [0.25, 0.3) is 0 Å². The maximum atomic E-state index is 9.41. The van der Waals surface area contributed by atoms with Gasteiger partial charge >= 0.3 is 0 Å². The Balaban J connectivity index is 2.08. The number of nitrogens with zero attached hydrogens (tertiary/aromatic N) is 2. The molecular formula is C17H25N3O. The Morgan fingerprint density at radius 1 is 1.38 bits per heavy atom. The molecule has 0 spiro atoms. The summed E-state index contributed by atoms with van der Waals surface area (Å²) in [5.41, 5.74) is 2.93. The molecule has 1 heterocycles. The summed E-state index contributed by atoms with van der Waals surface area (Å²) in [6, 6.07) is 8.92. The van der Waals surface area contributed by atoms with Gasteiger partial charge in [-0.2, -0.15) is 5.26 Å². The third-order valence-corrected chi connectivity index (χ3v) is 4.11. The lowest BCUT2D eigenvalue weighted by Crippen LogP contribution is -2.35. The summed E-state index contributed by atoms with van der Waals surface area (Å²) in [6.07, 6.45) is 2.00. The van der Waals surface area contributed by atoms with Gasteiger partial charge in [-0.05, 0) is 36.5 Å². The molecule has 1 aliphatic heterocycles. The Morgan fingerprint density at radius 2 is 2.10 bits per heavy atom. The first-order valence-electron chi connectivity index (χ1n) is 7.76. The number of aliphatic hydroxyl groups is 1. The highest BCUT2D eigenvalue weighted by Gasteiger charge is 2.20. The van der Waals surface area contributed by atoms with Gasteiger partial charge in [-0.1, -0.05) is 19.9 Å². The molecule has 2 rings (SSSR count). The van der Waals surface area contributed by atoms with Crippen LogP contribution in [-0.2, 0) is 6.54 Å². The molecule has 4 nitrogen and oxygen atoms in total. The monoisotopic (exact) mass is 287 g/mol. The number of anilines is 1. The molecule has 0 bridgehead atoms. The van der Waals surface area contributed by atoms with Crippen LogP contribution < -0.4 is 10.2 Å². The highest BCUT2D eigenvalue weighted by atomic mass is 16.3. The molecule has 2 N–H and O–H groups in total. The van der Waals surface area contributed by atoms with Crippen LogP contribution in [0, 0.1) is 17.2 Å². The van der Waals surface area contributed by atoms with Crippen molar-refractivity contribution in [2.75, 3.05) is 24.6 Å². The minimum absolute atomic E-state index is 0.277. The largest absolute Gasteiger partial charge is 0.396 e. The lowest BCUT2D eigenvalue weighted by Gasteiger charge is -2.33. The summed E-state index contributed by atoms with van der Waals surface area (Å²) < 4.78 is 0. The number of aliphatic hydroxyl groups excluding tert-OH is 1. The average Bonchev–Trinajstić information content (AvgIpc) is 2.52. The van der Waals surface area contributed by atoms with E-state index in [1.165, 1.54) is 0 Å². The van der Waals surface area contributed by atoms with Crippen molar-refractivity contribution in [1.82, 2.24) is 5.32 Å². The second-order valence-electron chi connectivity index (χ2n) is 6.11. The summed E-state index contributed by atoms with van der Waals surface area (Å²) in [5, 5.41) is 22.0. The molecule has 1 fully saturated rings. The third-order valence-electron chi connectivity index (χ3n) is 4.11. The lowest BCUT2D eigenvalue weighted by atomic mass is 9.96. The van der Waals surface area contributed by atoms with Crippen LogP contribution in [0.15, 0.2) is 18.2 Å². The molecule has 0 radical (unpaired) electrons. The van der Waals surface area contributed by atoms with Crippen LogP contribution in [0.5, 0.6) is 0 Å². The van der Waals surface area contributed by atoms with Crippen molar-refractivity contribution in [2.24, 2.45) is 5.92 Å². The molecule has 0 unspecified atom stereocenters. The fourth-order valence-corrected chi connectivity index (χ4v) is 2.74. The van der Waals surface area contributed by atoms with E-state index in [-0.39, 0.29) is 6.61 Å². The SMILES string of the molecule is CC(C)NCc1ccc(N2CCC(CO)CC2)c(C#N)c1. The molecule has 0 atom stereocenters. The summed E-state index contributed by atoms with van der Waals surface area (Å²) in [4.78, 5) is 2.27. The fourth-order valence-electron chi connectivity index (χ4n) is 2.74. The second kappa shape index (κ2) is 7.44. The van der Waals surface area contributed by atoms with Crippen LogP contribution in [0.2, 0.25) is 0 Å². The molecule has 4 heteroatoms. The highest BCUT2D eigenvalue weighted by Crippen LogP contribution is 2.26. The van der Waals surface area contributed by atoms with Gasteiger partial charge in [0.2, 0.25) is 0 Å². The third kappa shape index (κ3) is 4.20. The van der Waals surface area contributed by atoms with Gasteiger partial charge in [-0.25, -0.2) is 0 Å². The number of rotatable bonds is 5. The summed E-state index contributed by atoms with van der Waals surface area (Å²) in [6.45, 7) is 7.14. The van der Waals surface area contributed by atoms with Crippen molar-refractivity contribution < 1.29 is 5.11 Å². The number of hydrogen-bond donors (Lipinski definition) is 2. The normalized spacial score (nSPS) is 16.2. The molecule has 0 saturated carbocycles. The van der Waals surface area contributed by atoms with E-state index in [1.54, 1.807) is 0 Å². The van der Waals surface area contributed by atoms with Crippen molar-refractivity contribution in [3.05, 3.63) is 29.3 Å². The van der Waals surface area contributed by atoms with E-state index in [1.807, 2.05) is 6.07 Å². The first-order valence-corrected chi connectivity index (χ1v) is 7.76. The van der Waals surface area contributed by atoms with Crippen LogP contribution in [0.1, 0.15) is 37.8 Å². The van der Waals surface area contributed by atoms with Crippen molar-refractivity contribution in [2.45, 2.75) is 39.3 Å². The van der Waals surface area contributed by atoms with Gasteiger partial charge in [0, 0.05) is 32.3 Å². The van der Waals surface area contributed by atoms with Crippen molar-refractivity contribution in [3.63, 3.8) is 0 Å². The Labute approximate surface area is 127 Å².